The minimum absolute atomic E-state index is 0.0844. The molecule has 1 aliphatic rings. The molecule has 0 spiro atoms. The van der Waals surface area contributed by atoms with Gasteiger partial charge in [0.1, 0.15) is 0 Å². The molecule has 2 aromatic heterocycles. The molecule has 0 aromatic carbocycles. The molecule has 24 heavy (non-hydrogen) atoms. The van der Waals surface area contributed by atoms with Gasteiger partial charge in [-0.1, -0.05) is 6.07 Å². The SMILES string of the molecule is CN1CCN([C@H](CNC(=O)CCn2cccn2)c2cccs2)CC1. The first-order valence-corrected chi connectivity index (χ1v) is 9.30. The number of likely N-dealkylation sites (N-methyl/N-ethyl adjacent to an activating group) is 1. The summed E-state index contributed by atoms with van der Waals surface area (Å²) in [5.41, 5.74) is 0. The monoisotopic (exact) mass is 347 g/mol. The zero-order valence-corrected chi connectivity index (χ0v) is 14.9. The van der Waals surface area contributed by atoms with Crippen LogP contribution in [-0.4, -0.2) is 65.3 Å². The van der Waals surface area contributed by atoms with Gasteiger partial charge in [0.2, 0.25) is 5.91 Å². The fraction of sp³-hybridized carbons (Fsp3) is 0.529. The number of aryl methyl sites for hydroxylation is 1. The highest BCUT2D eigenvalue weighted by atomic mass is 32.1. The van der Waals surface area contributed by atoms with Gasteiger partial charge in [0.25, 0.3) is 0 Å². The molecule has 3 rings (SSSR count). The predicted octanol–water partition coefficient (Wildman–Crippen LogP) is 1.44. The zero-order valence-electron chi connectivity index (χ0n) is 14.1. The van der Waals surface area contributed by atoms with E-state index < -0.39 is 0 Å². The molecule has 1 fully saturated rings. The lowest BCUT2D eigenvalue weighted by Gasteiger charge is -2.37. The van der Waals surface area contributed by atoms with Crippen molar-refractivity contribution in [2.75, 3.05) is 39.8 Å². The van der Waals surface area contributed by atoms with Crippen molar-refractivity contribution in [3.05, 3.63) is 40.8 Å². The number of piperazine rings is 1. The Hall–Kier alpha value is -1.70. The van der Waals surface area contributed by atoms with Crippen molar-refractivity contribution in [2.45, 2.75) is 19.0 Å². The molecule has 1 aliphatic heterocycles. The van der Waals surface area contributed by atoms with Gasteiger partial charge in [0.15, 0.2) is 0 Å². The van der Waals surface area contributed by atoms with Gasteiger partial charge in [0.05, 0.1) is 6.04 Å². The lowest BCUT2D eigenvalue weighted by atomic mass is 10.1. The molecular weight excluding hydrogens is 322 g/mol. The molecule has 0 aliphatic carbocycles. The van der Waals surface area contributed by atoms with Crippen molar-refractivity contribution in [2.24, 2.45) is 0 Å². The maximum absolute atomic E-state index is 12.2. The second-order valence-corrected chi connectivity index (χ2v) is 7.17. The topological polar surface area (TPSA) is 53.4 Å². The van der Waals surface area contributed by atoms with Crippen molar-refractivity contribution in [1.82, 2.24) is 24.9 Å². The number of hydrogen-bond acceptors (Lipinski definition) is 5. The molecule has 3 heterocycles. The quantitative estimate of drug-likeness (QED) is 0.823. The van der Waals surface area contributed by atoms with E-state index in [-0.39, 0.29) is 11.9 Å². The molecular formula is C17H25N5OS. The third kappa shape index (κ3) is 4.66. The second-order valence-electron chi connectivity index (χ2n) is 6.19. The Balaban J connectivity index is 1.53. The number of nitrogens with one attached hydrogen (secondary N) is 1. The summed E-state index contributed by atoms with van der Waals surface area (Å²) in [4.78, 5) is 18.3. The fourth-order valence-corrected chi connectivity index (χ4v) is 3.83. The summed E-state index contributed by atoms with van der Waals surface area (Å²) in [6.45, 7) is 5.54. The van der Waals surface area contributed by atoms with E-state index in [1.807, 2.05) is 12.3 Å². The molecule has 130 valence electrons. The molecule has 2 aromatic rings. The minimum atomic E-state index is 0.0844. The van der Waals surface area contributed by atoms with E-state index in [0.29, 0.717) is 19.5 Å². The number of carbonyl (C=O) groups excluding carboxylic acids is 1. The van der Waals surface area contributed by atoms with Crippen molar-refractivity contribution >= 4 is 17.2 Å². The molecule has 1 atom stereocenters. The van der Waals surface area contributed by atoms with Crippen LogP contribution in [-0.2, 0) is 11.3 Å². The van der Waals surface area contributed by atoms with Crippen molar-refractivity contribution in [1.29, 1.82) is 0 Å². The summed E-state index contributed by atoms with van der Waals surface area (Å²) in [5, 5.41) is 9.35. The van der Waals surface area contributed by atoms with Gasteiger partial charge in [-0.05, 0) is 24.6 Å². The molecule has 6 nitrogen and oxygen atoms in total. The Morgan fingerprint density at radius 3 is 2.83 bits per heavy atom. The Bertz CT molecular complexity index is 605. The van der Waals surface area contributed by atoms with Crippen LogP contribution < -0.4 is 5.32 Å². The summed E-state index contributed by atoms with van der Waals surface area (Å²) in [5.74, 6) is 0.0844. The standard InChI is InChI=1S/C17H25N5OS/c1-20-9-11-21(12-10-20)15(16-4-2-13-24-16)14-18-17(23)5-8-22-7-3-6-19-22/h2-4,6-7,13,15H,5,8-12,14H2,1H3,(H,18,23)/t15-/m1/s1. The molecule has 1 saturated heterocycles. The summed E-state index contributed by atoms with van der Waals surface area (Å²) >= 11 is 1.77. The van der Waals surface area contributed by atoms with E-state index in [2.05, 4.69) is 44.8 Å². The van der Waals surface area contributed by atoms with Crippen molar-refractivity contribution in [3.63, 3.8) is 0 Å². The lowest BCUT2D eigenvalue weighted by molar-refractivity contribution is -0.121. The number of hydrogen-bond donors (Lipinski definition) is 1. The lowest BCUT2D eigenvalue weighted by Crippen LogP contribution is -2.48. The van der Waals surface area contributed by atoms with E-state index in [1.54, 1.807) is 22.2 Å². The number of aromatic nitrogens is 2. The van der Waals surface area contributed by atoms with E-state index in [1.165, 1.54) is 4.88 Å². The third-order valence-corrected chi connectivity index (χ3v) is 5.44. The first-order valence-electron chi connectivity index (χ1n) is 8.42. The Morgan fingerprint density at radius 2 is 2.17 bits per heavy atom. The zero-order chi connectivity index (χ0) is 16.8. The average Bonchev–Trinajstić information content (AvgIpc) is 3.28. The maximum Gasteiger partial charge on any atom is 0.221 e. The predicted molar refractivity (Wildman–Crippen MR) is 96.0 cm³/mol. The second kappa shape index (κ2) is 8.41. The van der Waals surface area contributed by atoms with Gasteiger partial charge < -0.3 is 10.2 Å². The van der Waals surface area contributed by atoms with Gasteiger partial charge in [-0.2, -0.15) is 5.10 Å². The molecule has 1 amide bonds. The number of thiophene rings is 1. The number of nitrogens with zero attached hydrogens (tertiary/aromatic N) is 4. The largest absolute Gasteiger partial charge is 0.354 e. The van der Waals surface area contributed by atoms with Crippen LogP contribution in [0.3, 0.4) is 0 Å². The van der Waals surface area contributed by atoms with Crippen LogP contribution in [0.2, 0.25) is 0 Å². The third-order valence-electron chi connectivity index (χ3n) is 4.47. The van der Waals surface area contributed by atoms with Crippen LogP contribution >= 0.6 is 11.3 Å². The van der Waals surface area contributed by atoms with Crippen LogP contribution in [0.1, 0.15) is 17.3 Å². The Morgan fingerprint density at radius 1 is 1.33 bits per heavy atom. The normalized spacial score (nSPS) is 17.7. The number of amides is 1. The molecule has 0 unspecified atom stereocenters. The Kier molecular flexibility index (Phi) is 6.01. The Labute approximate surface area is 147 Å². The van der Waals surface area contributed by atoms with Crippen LogP contribution in [0.15, 0.2) is 36.0 Å². The highest BCUT2D eigenvalue weighted by molar-refractivity contribution is 7.10. The average molecular weight is 347 g/mol. The maximum atomic E-state index is 12.2. The van der Waals surface area contributed by atoms with Crippen LogP contribution in [0, 0.1) is 0 Å². The molecule has 0 bridgehead atoms. The smallest absolute Gasteiger partial charge is 0.221 e. The van der Waals surface area contributed by atoms with Crippen LogP contribution in [0.4, 0.5) is 0 Å². The van der Waals surface area contributed by atoms with Crippen LogP contribution in [0.5, 0.6) is 0 Å². The molecule has 0 radical (unpaired) electrons. The number of rotatable bonds is 7. The van der Waals surface area contributed by atoms with Crippen LogP contribution in [0.25, 0.3) is 0 Å². The first kappa shape index (κ1) is 17.1. The summed E-state index contributed by atoms with van der Waals surface area (Å²) in [7, 11) is 2.16. The molecule has 1 N–H and O–H groups in total. The van der Waals surface area contributed by atoms with Gasteiger partial charge in [-0.3, -0.25) is 14.4 Å². The fourth-order valence-electron chi connectivity index (χ4n) is 2.97. The first-order chi connectivity index (χ1) is 11.7. The van der Waals surface area contributed by atoms with Gasteiger partial charge in [0, 0.05) is 63.0 Å². The summed E-state index contributed by atoms with van der Waals surface area (Å²) in [6, 6.07) is 6.40. The minimum Gasteiger partial charge on any atom is -0.354 e. The number of carbonyl (C=O) groups is 1. The van der Waals surface area contributed by atoms with Crippen molar-refractivity contribution < 1.29 is 4.79 Å². The molecule has 0 saturated carbocycles. The van der Waals surface area contributed by atoms with Gasteiger partial charge in [-0.15, -0.1) is 11.3 Å². The van der Waals surface area contributed by atoms with Crippen molar-refractivity contribution in [3.8, 4) is 0 Å². The van der Waals surface area contributed by atoms with E-state index in [0.717, 1.165) is 26.2 Å². The van der Waals surface area contributed by atoms with Gasteiger partial charge in [-0.25, -0.2) is 0 Å². The van der Waals surface area contributed by atoms with E-state index in [9.17, 15) is 4.79 Å². The van der Waals surface area contributed by atoms with Gasteiger partial charge >= 0.3 is 0 Å². The summed E-state index contributed by atoms with van der Waals surface area (Å²) in [6.07, 6.45) is 4.08. The molecule has 7 heteroatoms. The van der Waals surface area contributed by atoms with E-state index in [4.69, 9.17) is 0 Å². The van der Waals surface area contributed by atoms with E-state index >= 15 is 0 Å². The highest BCUT2D eigenvalue weighted by Gasteiger charge is 2.24. The summed E-state index contributed by atoms with van der Waals surface area (Å²) < 4.78 is 1.79. The highest BCUT2D eigenvalue weighted by Crippen LogP contribution is 2.25.